The normalized spacial score (nSPS) is 20.4. The molecule has 3 unspecified atom stereocenters. The van der Waals surface area contributed by atoms with Crippen molar-refractivity contribution in [2.75, 3.05) is 41.1 Å². The second-order valence-corrected chi connectivity index (χ2v) is 12.0. The predicted octanol–water partition coefficient (Wildman–Crippen LogP) is 4.35. The first-order chi connectivity index (χ1) is 18.5. The van der Waals surface area contributed by atoms with E-state index in [9.17, 15) is 9.90 Å². The molecule has 1 aliphatic carbocycles. The fraction of sp³-hybridized carbons (Fsp3) is 0.774. The van der Waals surface area contributed by atoms with Crippen molar-refractivity contribution in [3.63, 3.8) is 0 Å². The zero-order valence-electron chi connectivity index (χ0n) is 25.3. The van der Waals surface area contributed by atoms with Gasteiger partial charge in [-0.05, 0) is 74.0 Å². The van der Waals surface area contributed by atoms with Gasteiger partial charge in [0.05, 0.1) is 25.9 Å². The predicted molar refractivity (Wildman–Crippen MR) is 155 cm³/mol. The summed E-state index contributed by atoms with van der Waals surface area (Å²) in [6, 6.07) is 5.58. The van der Waals surface area contributed by atoms with E-state index in [1.54, 1.807) is 21.3 Å². The maximum absolute atomic E-state index is 13.1. The van der Waals surface area contributed by atoms with Gasteiger partial charge in [-0.1, -0.05) is 33.8 Å². The summed E-state index contributed by atoms with van der Waals surface area (Å²) in [5.74, 6) is 2.33. The Morgan fingerprint density at radius 1 is 1.10 bits per heavy atom. The Labute approximate surface area is 236 Å². The summed E-state index contributed by atoms with van der Waals surface area (Å²) in [5, 5.41) is 13.8. The van der Waals surface area contributed by atoms with Gasteiger partial charge in [-0.25, -0.2) is 0 Å². The van der Waals surface area contributed by atoms with E-state index in [-0.39, 0.29) is 18.4 Å². The van der Waals surface area contributed by atoms with E-state index in [1.807, 2.05) is 26.0 Å². The van der Waals surface area contributed by atoms with Crippen LogP contribution in [0.5, 0.6) is 11.5 Å². The van der Waals surface area contributed by atoms with Crippen LogP contribution in [0.1, 0.15) is 71.8 Å². The molecule has 0 spiro atoms. The van der Waals surface area contributed by atoms with Crippen molar-refractivity contribution in [2.45, 2.75) is 90.9 Å². The van der Waals surface area contributed by atoms with Gasteiger partial charge in [-0.3, -0.25) is 4.79 Å². The van der Waals surface area contributed by atoms with Crippen LogP contribution in [0.15, 0.2) is 18.2 Å². The molecule has 2 rings (SSSR count). The third-order valence-corrected chi connectivity index (χ3v) is 8.57. The summed E-state index contributed by atoms with van der Waals surface area (Å²) in [5.41, 5.74) is 7.11. The maximum atomic E-state index is 13.1. The monoisotopic (exact) mass is 550 g/mol. The second-order valence-electron chi connectivity index (χ2n) is 12.0. The van der Waals surface area contributed by atoms with E-state index in [1.165, 1.54) is 0 Å². The van der Waals surface area contributed by atoms with Crippen LogP contribution in [0, 0.1) is 23.2 Å². The van der Waals surface area contributed by atoms with Crippen molar-refractivity contribution in [3.05, 3.63) is 23.8 Å². The Morgan fingerprint density at radius 3 is 2.38 bits per heavy atom. The van der Waals surface area contributed by atoms with Crippen LogP contribution in [-0.4, -0.2) is 70.4 Å². The molecule has 1 saturated carbocycles. The first-order valence-corrected chi connectivity index (χ1v) is 14.6. The number of benzene rings is 1. The minimum absolute atomic E-state index is 0.0220. The molecule has 4 N–H and O–H groups in total. The fourth-order valence-corrected chi connectivity index (χ4v) is 5.53. The highest BCUT2D eigenvalue weighted by Crippen LogP contribution is 2.39. The van der Waals surface area contributed by atoms with E-state index in [2.05, 4.69) is 25.2 Å². The van der Waals surface area contributed by atoms with Crippen LogP contribution >= 0.6 is 0 Å². The molecule has 0 aromatic heterocycles. The lowest BCUT2D eigenvalue weighted by molar-refractivity contribution is -0.134. The quantitative estimate of drug-likeness (QED) is 0.247. The molecule has 8 heteroatoms. The molecular formula is C31H54N2O6. The largest absolute Gasteiger partial charge is 0.493 e. The molecule has 0 aliphatic heterocycles. The molecule has 1 amide bonds. The Kier molecular flexibility index (Phi) is 14.0. The van der Waals surface area contributed by atoms with Crippen LogP contribution in [0.4, 0.5) is 0 Å². The zero-order chi connectivity index (χ0) is 29.0. The van der Waals surface area contributed by atoms with Gasteiger partial charge in [0.1, 0.15) is 0 Å². The van der Waals surface area contributed by atoms with Crippen LogP contribution in [0.2, 0.25) is 0 Å². The number of nitrogens with two attached hydrogens (primary N) is 1. The molecule has 224 valence electrons. The van der Waals surface area contributed by atoms with Crippen LogP contribution in [0.25, 0.3) is 0 Å². The number of ether oxygens (including phenoxy) is 4. The first-order valence-electron chi connectivity index (χ1n) is 14.6. The number of hydrogen-bond acceptors (Lipinski definition) is 7. The van der Waals surface area contributed by atoms with E-state index in [0.717, 1.165) is 49.8 Å². The molecular weight excluding hydrogens is 496 g/mol. The average molecular weight is 551 g/mol. The van der Waals surface area contributed by atoms with Crippen LogP contribution in [-0.2, 0) is 20.7 Å². The van der Waals surface area contributed by atoms with Gasteiger partial charge in [-0.15, -0.1) is 0 Å². The molecule has 0 radical (unpaired) electrons. The summed E-state index contributed by atoms with van der Waals surface area (Å²) in [4.78, 5) is 13.1. The number of methoxy groups -OCH3 is 3. The van der Waals surface area contributed by atoms with Crippen molar-refractivity contribution in [1.82, 2.24) is 5.32 Å². The standard InChI is InChI=1S/C31H54N2O6/c1-21(2)23(17-22-9-14-28(38-7)29(18-22)39-16-8-15-36-5)19-26(32)27(34)20-33-30(35)31(3,4)24-10-12-25(37-6)13-11-24/h9,14,18,21,23-27,34H,8,10-13,15-17,19-20,32H2,1-7H3,(H,33,35). The van der Waals surface area contributed by atoms with E-state index in [0.29, 0.717) is 43.3 Å². The number of aliphatic hydroxyl groups excluding tert-OH is 1. The molecule has 0 bridgehead atoms. The third kappa shape index (κ3) is 10.2. The molecule has 39 heavy (non-hydrogen) atoms. The van der Waals surface area contributed by atoms with Crippen LogP contribution in [0.3, 0.4) is 0 Å². The number of nitrogens with one attached hydrogen (secondary N) is 1. The average Bonchev–Trinajstić information content (AvgIpc) is 2.93. The maximum Gasteiger partial charge on any atom is 0.226 e. The summed E-state index contributed by atoms with van der Waals surface area (Å²) >= 11 is 0. The Hall–Kier alpha value is -1.87. The number of hydrogen-bond donors (Lipinski definition) is 3. The second kappa shape index (κ2) is 16.4. The summed E-state index contributed by atoms with van der Waals surface area (Å²) in [6.07, 6.45) is 5.65. The van der Waals surface area contributed by atoms with Crippen molar-refractivity contribution < 1.29 is 28.8 Å². The third-order valence-electron chi connectivity index (χ3n) is 8.57. The van der Waals surface area contributed by atoms with Gasteiger partial charge in [0.2, 0.25) is 5.91 Å². The van der Waals surface area contributed by atoms with Crippen molar-refractivity contribution >= 4 is 5.91 Å². The molecule has 1 aromatic rings. The Bertz CT molecular complexity index is 853. The van der Waals surface area contributed by atoms with Gasteiger partial charge in [0.25, 0.3) is 0 Å². The number of carbonyl (C=O) groups is 1. The minimum atomic E-state index is -0.814. The topological polar surface area (TPSA) is 112 Å². The Morgan fingerprint density at radius 2 is 1.79 bits per heavy atom. The SMILES string of the molecule is COCCCOc1cc(CC(CC(N)C(O)CNC(=O)C(C)(C)C2CCC(OC)CC2)C(C)C)ccc1OC. The molecule has 8 nitrogen and oxygen atoms in total. The lowest BCUT2D eigenvalue weighted by atomic mass is 9.70. The van der Waals surface area contributed by atoms with Crippen LogP contribution < -0.4 is 20.5 Å². The van der Waals surface area contributed by atoms with E-state index in [4.69, 9.17) is 24.7 Å². The molecule has 0 heterocycles. The summed E-state index contributed by atoms with van der Waals surface area (Å²) in [7, 11) is 5.07. The smallest absolute Gasteiger partial charge is 0.226 e. The summed E-state index contributed by atoms with van der Waals surface area (Å²) < 4.78 is 22.0. The number of amides is 1. The minimum Gasteiger partial charge on any atom is -0.493 e. The molecule has 0 saturated heterocycles. The highest BCUT2D eigenvalue weighted by atomic mass is 16.5. The fourth-order valence-electron chi connectivity index (χ4n) is 5.53. The zero-order valence-corrected chi connectivity index (χ0v) is 25.3. The number of rotatable bonds is 17. The van der Waals surface area contributed by atoms with Gasteiger partial charge in [0.15, 0.2) is 11.5 Å². The van der Waals surface area contributed by atoms with Gasteiger partial charge < -0.3 is 35.1 Å². The van der Waals surface area contributed by atoms with Crippen molar-refractivity contribution in [2.24, 2.45) is 28.9 Å². The van der Waals surface area contributed by atoms with Gasteiger partial charge in [0, 0.05) is 45.2 Å². The van der Waals surface area contributed by atoms with Crippen molar-refractivity contribution in [3.8, 4) is 11.5 Å². The van der Waals surface area contributed by atoms with Crippen molar-refractivity contribution in [1.29, 1.82) is 0 Å². The lowest BCUT2D eigenvalue weighted by Gasteiger charge is -2.38. The first kappa shape index (κ1) is 33.3. The van der Waals surface area contributed by atoms with Gasteiger partial charge in [-0.2, -0.15) is 0 Å². The summed E-state index contributed by atoms with van der Waals surface area (Å²) in [6.45, 7) is 9.72. The molecule has 1 aromatic carbocycles. The molecule has 1 fully saturated rings. The van der Waals surface area contributed by atoms with Gasteiger partial charge >= 0.3 is 0 Å². The van der Waals surface area contributed by atoms with E-state index >= 15 is 0 Å². The number of carbonyl (C=O) groups excluding carboxylic acids is 1. The highest BCUT2D eigenvalue weighted by Gasteiger charge is 2.39. The van der Waals surface area contributed by atoms with E-state index < -0.39 is 17.6 Å². The Balaban J connectivity index is 1.92. The lowest BCUT2D eigenvalue weighted by Crippen LogP contribution is -2.49. The molecule has 3 atom stereocenters. The molecule has 1 aliphatic rings. The number of aliphatic hydroxyl groups is 1. The highest BCUT2D eigenvalue weighted by molar-refractivity contribution is 5.82.